The lowest BCUT2D eigenvalue weighted by Crippen LogP contribution is -2.39. The van der Waals surface area contributed by atoms with Gasteiger partial charge in [0, 0.05) is 28.6 Å². The molecule has 1 aromatic heterocycles. The first-order valence-corrected chi connectivity index (χ1v) is 10.0. The number of urea groups is 1. The summed E-state index contributed by atoms with van der Waals surface area (Å²) in [5.74, 6) is 0.769. The Kier molecular flexibility index (Phi) is 7.40. The molecule has 0 saturated carbocycles. The lowest BCUT2D eigenvalue weighted by atomic mass is 10.1. The van der Waals surface area contributed by atoms with Gasteiger partial charge >= 0.3 is 6.03 Å². The maximum Gasteiger partial charge on any atom is 0.326 e. The third kappa shape index (κ3) is 7.27. The number of aryl methyl sites for hydroxylation is 2. The summed E-state index contributed by atoms with van der Waals surface area (Å²) in [5, 5.41) is 18.4. The zero-order valence-corrected chi connectivity index (χ0v) is 17.9. The van der Waals surface area contributed by atoms with Crippen molar-refractivity contribution in [3.8, 4) is 5.75 Å². The van der Waals surface area contributed by atoms with Crippen LogP contribution in [0.3, 0.4) is 0 Å². The van der Waals surface area contributed by atoms with E-state index in [4.69, 9.17) is 11.6 Å². The van der Waals surface area contributed by atoms with Gasteiger partial charge in [-0.25, -0.2) is 14.8 Å². The van der Waals surface area contributed by atoms with Crippen molar-refractivity contribution in [1.82, 2.24) is 15.3 Å². The van der Waals surface area contributed by atoms with Gasteiger partial charge in [-0.1, -0.05) is 23.7 Å². The maximum atomic E-state index is 12.5. The Bertz CT molecular complexity index is 1050. The highest BCUT2D eigenvalue weighted by molar-refractivity contribution is 6.30. The summed E-state index contributed by atoms with van der Waals surface area (Å²) in [6.07, 6.45) is 0.625. The van der Waals surface area contributed by atoms with E-state index in [1.807, 2.05) is 32.0 Å². The number of hydrogen-bond donors (Lipinski definition) is 4. The number of phenols is 1. The zero-order valence-electron chi connectivity index (χ0n) is 17.2. The first kappa shape index (κ1) is 22.0. The molecule has 2 amide bonds. The van der Waals surface area contributed by atoms with Gasteiger partial charge in [0.25, 0.3) is 0 Å². The molecule has 8 nitrogen and oxygen atoms in total. The van der Waals surface area contributed by atoms with Crippen molar-refractivity contribution in [3.63, 3.8) is 0 Å². The standard InChI is InChI=1S/C22H23ClN6O2/c1-14-13-15(2)26-21(25-14)28-20(24-12-11-16-3-9-19(30)10-4-16)29-22(31)27-18-7-5-17(23)6-8-18/h3-10,13,30H,11-12H2,1-2H3,(H3,24,25,26,27,28,29,31). The number of aromatic nitrogens is 2. The SMILES string of the molecule is Cc1cc(C)nc(NC(=NCCc2ccc(O)cc2)NC(=O)Nc2ccc(Cl)cc2)n1. The van der Waals surface area contributed by atoms with Crippen molar-refractivity contribution in [1.29, 1.82) is 0 Å². The summed E-state index contributed by atoms with van der Waals surface area (Å²) < 4.78 is 0. The van der Waals surface area contributed by atoms with Crippen LogP contribution in [-0.2, 0) is 6.42 Å². The van der Waals surface area contributed by atoms with Gasteiger partial charge in [0.05, 0.1) is 0 Å². The number of hydrogen-bond acceptors (Lipinski definition) is 5. The van der Waals surface area contributed by atoms with Crippen LogP contribution >= 0.6 is 11.6 Å². The molecule has 0 spiro atoms. The monoisotopic (exact) mass is 438 g/mol. The van der Waals surface area contributed by atoms with E-state index in [-0.39, 0.29) is 11.7 Å². The molecule has 1 heterocycles. The van der Waals surface area contributed by atoms with E-state index in [9.17, 15) is 9.90 Å². The average Bonchev–Trinajstić information content (AvgIpc) is 2.70. The minimum Gasteiger partial charge on any atom is -0.508 e. The zero-order chi connectivity index (χ0) is 22.2. The quantitative estimate of drug-likeness (QED) is 0.351. The third-order valence-corrected chi connectivity index (χ3v) is 4.41. The molecule has 4 N–H and O–H groups in total. The number of anilines is 2. The topological polar surface area (TPSA) is 112 Å². The molecule has 3 aromatic rings. The normalized spacial score (nSPS) is 11.1. The van der Waals surface area contributed by atoms with Crippen molar-refractivity contribution in [2.24, 2.45) is 4.99 Å². The number of carbonyl (C=O) groups is 1. The van der Waals surface area contributed by atoms with Crippen molar-refractivity contribution >= 4 is 35.2 Å². The Morgan fingerprint density at radius 3 is 2.29 bits per heavy atom. The first-order valence-electron chi connectivity index (χ1n) is 9.62. The van der Waals surface area contributed by atoms with E-state index in [1.165, 1.54) is 0 Å². The van der Waals surface area contributed by atoms with Crippen molar-refractivity contribution < 1.29 is 9.90 Å². The van der Waals surface area contributed by atoms with Gasteiger partial charge in [0.1, 0.15) is 5.75 Å². The molecule has 0 unspecified atom stereocenters. The smallest absolute Gasteiger partial charge is 0.326 e. The van der Waals surface area contributed by atoms with Crippen LogP contribution in [0.1, 0.15) is 17.0 Å². The van der Waals surface area contributed by atoms with Crippen LogP contribution in [0.2, 0.25) is 5.02 Å². The molecule has 0 bridgehead atoms. The number of amides is 2. The van der Waals surface area contributed by atoms with Gasteiger partial charge in [0.2, 0.25) is 11.9 Å². The van der Waals surface area contributed by atoms with E-state index in [0.717, 1.165) is 17.0 Å². The Morgan fingerprint density at radius 1 is 1.00 bits per heavy atom. The third-order valence-electron chi connectivity index (χ3n) is 4.15. The van der Waals surface area contributed by atoms with E-state index >= 15 is 0 Å². The minimum atomic E-state index is -0.470. The minimum absolute atomic E-state index is 0.210. The van der Waals surface area contributed by atoms with Crippen LogP contribution in [0.25, 0.3) is 0 Å². The van der Waals surface area contributed by atoms with Crippen LogP contribution in [0.5, 0.6) is 5.75 Å². The summed E-state index contributed by atoms with van der Waals surface area (Å²) in [5.41, 5.74) is 3.19. The first-order chi connectivity index (χ1) is 14.9. The van der Waals surface area contributed by atoms with Gasteiger partial charge < -0.3 is 10.4 Å². The molecule has 0 fully saturated rings. The molecular weight excluding hydrogens is 416 g/mol. The molecular formula is C22H23ClN6O2. The number of nitrogens with zero attached hydrogens (tertiary/aromatic N) is 3. The molecule has 2 aromatic carbocycles. The van der Waals surface area contributed by atoms with Crippen molar-refractivity contribution in [2.75, 3.05) is 17.2 Å². The van der Waals surface area contributed by atoms with Gasteiger partial charge in [-0.2, -0.15) is 0 Å². The van der Waals surface area contributed by atoms with Gasteiger partial charge in [0.15, 0.2) is 0 Å². The second-order valence-corrected chi connectivity index (χ2v) is 7.27. The Balaban J connectivity index is 1.71. The highest BCUT2D eigenvalue weighted by Crippen LogP contribution is 2.13. The number of phenolic OH excluding ortho intramolecular Hbond substituents is 1. The molecule has 160 valence electrons. The molecule has 0 aliphatic heterocycles. The molecule has 3 rings (SSSR count). The van der Waals surface area contributed by atoms with Crippen LogP contribution in [-0.4, -0.2) is 33.6 Å². The van der Waals surface area contributed by atoms with E-state index in [0.29, 0.717) is 29.6 Å². The Labute approximate surface area is 185 Å². The largest absolute Gasteiger partial charge is 0.508 e. The number of nitrogens with one attached hydrogen (secondary N) is 3. The summed E-state index contributed by atoms with van der Waals surface area (Å²) in [6, 6.07) is 15.1. The van der Waals surface area contributed by atoms with E-state index in [1.54, 1.807) is 36.4 Å². The predicted octanol–water partition coefficient (Wildman–Crippen LogP) is 4.28. The molecule has 0 aliphatic rings. The average molecular weight is 439 g/mol. The van der Waals surface area contributed by atoms with E-state index in [2.05, 4.69) is 30.9 Å². The van der Waals surface area contributed by atoms with Gasteiger partial charge in [-0.3, -0.25) is 15.6 Å². The molecule has 31 heavy (non-hydrogen) atoms. The van der Waals surface area contributed by atoms with Crippen LogP contribution < -0.4 is 16.0 Å². The lowest BCUT2D eigenvalue weighted by molar-refractivity contribution is 0.256. The number of carbonyl (C=O) groups excluding carboxylic acids is 1. The molecule has 0 radical (unpaired) electrons. The second-order valence-electron chi connectivity index (χ2n) is 6.83. The number of benzene rings is 2. The molecule has 0 atom stereocenters. The fraction of sp³-hybridized carbons (Fsp3) is 0.182. The number of aromatic hydroxyl groups is 1. The second kappa shape index (κ2) is 10.4. The Morgan fingerprint density at radius 2 is 1.65 bits per heavy atom. The van der Waals surface area contributed by atoms with Crippen molar-refractivity contribution in [2.45, 2.75) is 20.3 Å². The van der Waals surface area contributed by atoms with Crippen LogP contribution in [0, 0.1) is 13.8 Å². The maximum absolute atomic E-state index is 12.5. The molecule has 9 heteroatoms. The predicted molar refractivity (Wildman–Crippen MR) is 123 cm³/mol. The summed E-state index contributed by atoms with van der Waals surface area (Å²) in [7, 11) is 0. The van der Waals surface area contributed by atoms with E-state index < -0.39 is 6.03 Å². The number of guanidine groups is 1. The lowest BCUT2D eigenvalue weighted by Gasteiger charge is -2.12. The number of halogens is 1. The summed E-state index contributed by atoms with van der Waals surface area (Å²) in [6.45, 7) is 4.13. The van der Waals surface area contributed by atoms with Crippen molar-refractivity contribution in [3.05, 3.63) is 76.6 Å². The highest BCUT2D eigenvalue weighted by atomic mass is 35.5. The highest BCUT2D eigenvalue weighted by Gasteiger charge is 2.09. The van der Waals surface area contributed by atoms with Crippen LogP contribution in [0.15, 0.2) is 59.6 Å². The summed E-state index contributed by atoms with van der Waals surface area (Å²) in [4.78, 5) is 25.6. The van der Waals surface area contributed by atoms with Crippen LogP contribution in [0.4, 0.5) is 16.4 Å². The number of rotatable bonds is 5. The van der Waals surface area contributed by atoms with Gasteiger partial charge in [-0.05, 0) is 68.3 Å². The van der Waals surface area contributed by atoms with Gasteiger partial charge in [-0.15, -0.1) is 0 Å². The molecule has 0 saturated heterocycles. The molecule has 0 aliphatic carbocycles. The number of aliphatic imine (C=N–C) groups is 1. The Hall–Kier alpha value is -3.65. The fourth-order valence-electron chi connectivity index (χ4n) is 2.76. The summed E-state index contributed by atoms with van der Waals surface area (Å²) >= 11 is 5.88. The fourth-order valence-corrected chi connectivity index (χ4v) is 2.89.